The van der Waals surface area contributed by atoms with Crippen LogP contribution in [0.2, 0.25) is 0 Å². The van der Waals surface area contributed by atoms with Crippen molar-refractivity contribution in [3.8, 4) is 0 Å². The minimum atomic E-state index is -0.0528. The van der Waals surface area contributed by atoms with Crippen LogP contribution in [0.15, 0.2) is 12.4 Å². The number of aliphatic hydroxyl groups excluding tert-OH is 1. The van der Waals surface area contributed by atoms with Crippen molar-refractivity contribution in [3.63, 3.8) is 0 Å². The molecule has 0 aliphatic carbocycles. The predicted molar refractivity (Wildman–Crippen MR) is 60.7 cm³/mol. The van der Waals surface area contributed by atoms with Gasteiger partial charge in [0.25, 0.3) is 0 Å². The van der Waals surface area contributed by atoms with Crippen LogP contribution >= 0.6 is 0 Å². The van der Waals surface area contributed by atoms with Gasteiger partial charge in [0.15, 0.2) is 0 Å². The highest BCUT2D eigenvalue weighted by Crippen LogP contribution is 2.13. The third kappa shape index (κ3) is 3.16. The van der Waals surface area contributed by atoms with Gasteiger partial charge in [-0.25, -0.2) is 4.98 Å². The zero-order valence-electron chi connectivity index (χ0n) is 9.64. The third-order valence-corrected chi connectivity index (χ3v) is 2.24. The summed E-state index contributed by atoms with van der Waals surface area (Å²) in [6.45, 7) is 7.34. The molecule has 0 aliphatic heterocycles. The lowest BCUT2D eigenvalue weighted by Crippen LogP contribution is -2.32. The van der Waals surface area contributed by atoms with E-state index in [1.807, 2.05) is 0 Å². The van der Waals surface area contributed by atoms with Gasteiger partial charge < -0.3 is 10.0 Å². The van der Waals surface area contributed by atoms with E-state index in [-0.39, 0.29) is 6.61 Å². The largest absolute Gasteiger partial charge is 0.390 e. The van der Waals surface area contributed by atoms with E-state index < -0.39 is 0 Å². The van der Waals surface area contributed by atoms with E-state index in [2.05, 4.69) is 35.6 Å². The van der Waals surface area contributed by atoms with Gasteiger partial charge in [-0.3, -0.25) is 4.98 Å². The summed E-state index contributed by atoms with van der Waals surface area (Å²) in [7, 11) is 0. The highest BCUT2D eigenvalue weighted by molar-refractivity contribution is 5.36. The van der Waals surface area contributed by atoms with Gasteiger partial charge in [-0.15, -0.1) is 0 Å². The van der Waals surface area contributed by atoms with E-state index in [1.165, 1.54) is 0 Å². The van der Waals surface area contributed by atoms with Crippen LogP contribution in [0.25, 0.3) is 0 Å². The molecule has 1 N–H and O–H groups in total. The van der Waals surface area contributed by atoms with Crippen molar-refractivity contribution in [1.82, 2.24) is 9.97 Å². The van der Waals surface area contributed by atoms with Crippen LogP contribution in [0, 0.1) is 0 Å². The Morgan fingerprint density at radius 2 is 2.07 bits per heavy atom. The standard InChI is InChI=1S/C11H19N3O/c1-4-5-14(9(2)3)11-7-12-10(8-15)6-13-11/h6-7,9,15H,4-5,8H2,1-3H3. The van der Waals surface area contributed by atoms with Crippen molar-refractivity contribution in [2.24, 2.45) is 0 Å². The molecule has 0 unspecified atom stereocenters. The van der Waals surface area contributed by atoms with Gasteiger partial charge in [0.2, 0.25) is 0 Å². The first-order chi connectivity index (χ1) is 7.19. The summed E-state index contributed by atoms with van der Waals surface area (Å²) in [4.78, 5) is 10.6. The van der Waals surface area contributed by atoms with Gasteiger partial charge >= 0.3 is 0 Å². The van der Waals surface area contributed by atoms with E-state index in [4.69, 9.17) is 5.11 Å². The zero-order valence-corrected chi connectivity index (χ0v) is 9.64. The average Bonchev–Trinajstić information content (AvgIpc) is 2.26. The molecule has 1 heterocycles. The second-order valence-electron chi connectivity index (χ2n) is 3.81. The Kier molecular flexibility index (Phi) is 4.49. The number of aromatic nitrogens is 2. The summed E-state index contributed by atoms with van der Waals surface area (Å²) in [5.41, 5.74) is 0.610. The Morgan fingerprint density at radius 1 is 1.33 bits per heavy atom. The minimum absolute atomic E-state index is 0.0528. The molecule has 15 heavy (non-hydrogen) atoms. The second kappa shape index (κ2) is 5.66. The Hall–Kier alpha value is -1.16. The van der Waals surface area contributed by atoms with Crippen molar-refractivity contribution >= 4 is 5.82 Å². The van der Waals surface area contributed by atoms with Gasteiger partial charge in [0.1, 0.15) is 5.82 Å². The summed E-state index contributed by atoms with van der Waals surface area (Å²) in [6.07, 6.45) is 4.43. The number of nitrogens with zero attached hydrogens (tertiary/aromatic N) is 3. The van der Waals surface area contributed by atoms with Crippen LogP contribution in [0.1, 0.15) is 32.9 Å². The van der Waals surface area contributed by atoms with Crippen molar-refractivity contribution in [3.05, 3.63) is 18.1 Å². The number of aliphatic hydroxyl groups is 1. The monoisotopic (exact) mass is 209 g/mol. The number of hydrogen-bond acceptors (Lipinski definition) is 4. The summed E-state index contributed by atoms with van der Waals surface area (Å²) in [6, 6.07) is 0.416. The molecule has 0 aromatic carbocycles. The Morgan fingerprint density at radius 3 is 2.47 bits per heavy atom. The number of anilines is 1. The summed E-state index contributed by atoms with van der Waals surface area (Å²) in [5, 5.41) is 8.86. The molecule has 1 rings (SSSR count). The molecular weight excluding hydrogens is 190 g/mol. The van der Waals surface area contributed by atoms with Gasteiger partial charge in [-0.1, -0.05) is 6.92 Å². The van der Waals surface area contributed by atoms with Crippen LogP contribution in [0.5, 0.6) is 0 Å². The first kappa shape index (κ1) is 11.9. The Bertz CT molecular complexity index is 284. The first-order valence-corrected chi connectivity index (χ1v) is 5.37. The zero-order chi connectivity index (χ0) is 11.3. The average molecular weight is 209 g/mol. The lowest BCUT2D eigenvalue weighted by molar-refractivity contribution is 0.276. The maximum absolute atomic E-state index is 8.86. The van der Waals surface area contributed by atoms with E-state index in [0.717, 1.165) is 18.8 Å². The Balaban J connectivity index is 2.81. The van der Waals surface area contributed by atoms with Gasteiger partial charge in [-0.2, -0.15) is 0 Å². The molecule has 0 saturated heterocycles. The fourth-order valence-corrected chi connectivity index (χ4v) is 1.46. The maximum Gasteiger partial charge on any atom is 0.147 e. The van der Waals surface area contributed by atoms with E-state index in [0.29, 0.717) is 11.7 Å². The molecule has 0 amide bonds. The maximum atomic E-state index is 8.86. The molecule has 4 nitrogen and oxygen atoms in total. The second-order valence-corrected chi connectivity index (χ2v) is 3.81. The molecule has 84 valence electrons. The fraction of sp³-hybridized carbons (Fsp3) is 0.636. The minimum Gasteiger partial charge on any atom is -0.390 e. The predicted octanol–water partition coefficient (Wildman–Crippen LogP) is 1.59. The molecule has 0 fully saturated rings. The fourth-order valence-electron chi connectivity index (χ4n) is 1.46. The van der Waals surface area contributed by atoms with Gasteiger partial charge in [0.05, 0.1) is 24.7 Å². The molecular formula is C11H19N3O. The van der Waals surface area contributed by atoms with Crippen LogP contribution in [-0.4, -0.2) is 27.7 Å². The molecule has 1 aromatic rings. The Labute approximate surface area is 91.0 Å². The topological polar surface area (TPSA) is 49.2 Å². The number of hydrogen-bond donors (Lipinski definition) is 1. The molecule has 4 heteroatoms. The lowest BCUT2D eigenvalue weighted by atomic mass is 10.3. The number of rotatable bonds is 5. The van der Waals surface area contributed by atoms with Crippen molar-refractivity contribution < 1.29 is 5.11 Å². The van der Waals surface area contributed by atoms with E-state index in [1.54, 1.807) is 12.4 Å². The summed E-state index contributed by atoms with van der Waals surface area (Å²) >= 11 is 0. The van der Waals surface area contributed by atoms with Crippen LogP contribution in [0.3, 0.4) is 0 Å². The summed E-state index contributed by atoms with van der Waals surface area (Å²) < 4.78 is 0. The van der Waals surface area contributed by atoms with Crippen LogP contribution in [-0.2, 0) is 6.61 Å². The van der Waals surface area contributed by atoms with E-state index in [9.17, 15) is 0 Å². The quantitative estimate of drug-likeness (QED) is 0.800. The molecule has 0 aliphatic rings. The normalized spacial score (nSPS) is 10.7. The molecule has 0 saturated carbocycles. The lowest BCUT2D eigenvalue weighted by Gasteiger charge is -2.26. The molecule has 0 bridgehead atoms. The molecule has 0 atom stereocenters. The first-order valence-electron chi connectivity index (χ1n) is 5.37. The SMILES string of the molecule is CCCN(c1cnc(CO)cn1)C(C)C. The highest BCUT2D eigenvalue weighted by atomic mass is 16.3. The van der Waals surface area contributed by atoms with E-state index >= 15 is 0 Å². The van der Waals surface area contributed by atoms with Crippen molar-refractivity contribution in [2.75, 3.05) is 11.4 Å². The third-order valence-electron chi connectivity index (χ3n) is 2.24. The van der Waals surface area contributed by atoms with Crippen LogP contribution in [0.4, 0.5) is 5.82 Å². The van der Waals surface area contributed by atoms with Gasteiger partial charge in [0, 0.05) is 12.6 Å². The van der Waals surface area contributed by atoms with Gasteiger partial charge in [-0.05, 0) is 20.3 Å². The smallest absolute Gasteiger partial charge is 0.147 e. The summed E-state index contributed by atoms with van der Waals surface area (Å²) in [5.74, 6) is 0.879. The van der Waals surface area contributed by atoms with Crippen LogP contribution < -0.4 is 4.90 Å². The highest BCUT2D eigenvalue weighted by Gasteiger charge is 2.10. The van der Waals surface area contributed by atoms with Crippen molar-refractivity contribution in [2.45, 2.75) is 39.8 Å². The molecule has 0 spiro atoms. The molecule has 0 radical (unpaired) electrons. The molecule has 1 aromatic heterocycles. The van der Waals surface area contributed by atoms with Crippen molar-refractivity contribution in [1.29, 1.82) is 0 Å².